The van der Waals surface area contributed by atoms with Crippen LogP contribution in [0.2, 0.25) is 0 Å². The fourth-order valence-electron chi connectivity index (χ4n) is 2.15. The average Bonchev–Trinajstić information content (AvgIpc) is 3.10. The van der Waals surface area contributed by atoms with Crippen LogP contribution >= 0.6 is 0 Å². The third-order valence-electron chi connectivity index (χ3n) is 3.50. The van der Waals surface area contributed by atoms with Crippen LogP contribution in [0.25, 0.3) is 0 Å². The first-order valence-corrected chi connectivity index (χ1v) is 6.70. The third-order valence-corrected chi connectivity index (χ3v) is 3.50. The fraction of sp³-hybridized carbons (Fsp3) is 0.400. The molecule has 4 heteroatoms. The highest BCUT2D eigenvalue weighted by molar-refractivity contribution is 5.26. The lowest BCUT2D eigenvalue weighted by atomic mass is 10.1. The molecule has 1 heterocycles. The maximum atomic E-state index is 13.0. The smallest absolute Gasteiger partial charge is 0.123 e. The molecule has 0 spiro atoms. The Hall–Kier alpha value is -1.68. The molecule has 1 fully saturated rings. The van der Waals surface area contributed by atoms with Crippen LogP contribution in [0.3, 0.4) is 0 Å². The largest absolute Gasteiger partial charge is 0.310 e. The van der Waals surface area contributed by atoms with Gasteiger partial charge in [-0.15, -0.1) is 0 Å². The van der Waals surface area contributed by atoms with E-state index in [2.05, 4.69) is 16.6 Å². The summed E-state index contributed by atoms with van der Waals surface area (Å²) in [7, 11) is 0. The minimum Gasteiger partial charge on any atom is -0.310 e. The van der Waals surface area contributed by atoms with Gasteiger partial charge in [0.25, 0.3) is 0 Å². The van der Waals surface area contributed by atoms with Crippen molar-refractivity contribution in [2.75, 3.05) is 0 Å². The Labute approximate surface area is 112 Å². The number of aryl methyl sites for hydroxylation is 1. The highest BCUT2D eigenvalue weighted by Crippen LogP contribution is 2.19. The second-order valence-corrected chi connectivity index (χ2v) is 5.27. The zero-order valence-electron chi connectivity index (χ0n) is 11.1. The molecule has 1 aliphatic carbocycles. The van der Waals surface area contributed by atoms with Crippen molar-refractivity contribution in [2.24, 2.45) is 0 Å². The van der Waals surface area contributed by atoms with Crippen LogP contribution in [0, 0.1) is 12.7 Å². The molecule has 0 bridgehead atoms. The lowest BCUT2D eigenvalue weighted by molar-refractivity contribution is 0.622. The van der Waals surface area contributed by atoms with Gasteiger partial charge in [-0.1, -0.05) is 6.07 Å². The van der Waals surface area contributed by atoms with Gasteiger partial charge in [0, 0.05) is 24.3 Å². The molecule has 0 radical (unpaired) electrons. The predicted octanol–water partition coefficient (Wildman–Crippen LogP) is 2.63. The minimum absolute atomic E-state index is 0.184. The Morgan fingerprint density at radius 3 is 3.00 bits per heavy atom. The van der Waals surface area contributed by atoms with Crippen LogP contribution in [0.5, 0.6) is 0 Å². The van der Waals surface area contributed by atoms with Gasteiger partial charge in [-0.3, -0.25) is 4.68 Å². The summed E-state index contributed by atoms with van der Waals surface area (Å²) in [6.07, 6.45) is 6.54. The second kappa shape index (κ2) is 5.13. The van der Waals surface area contributed by atoms with Crippen molar-refractivity contribution >= 4 is 0 Å². The maximum absolute atomic E-state index is 13.0. The molecule has 0 unspecified atom stereocenters. The predicted molar refractivity (Wildman–Crippen MR) is 72.3 cm³/mol. The zero-order chi connectivity index (χ0) is 13.2. The highest BCUT2D eigenvalue weighted by Gasteiger charge is 2.20. The van der Waals surface area contributed by atoms with Crippen LogP contribution in [0.4, 0.5) is 4.39 Å². The summed E-state index contributed by atoms with van der Waals surface area (Å²) >= 11 is 0. The number of nitrogens with one attached hydrogen (secondary N) is 1. The standard InChI is InChI=1S/C15H18FN3/c1-11-6-14(16)3-2-13(11)10-19-9-12(8-18-19)7-17-15-4-5-15/h2-3,6,8-9,15,17H,4-5,7,10H2,1H3. The first-order valence-electron chi connectivity index (χ1n) is 6.70. The van der Waals surface area contributed by atoms with E-state index in [1.165, 1.54) is 24.5 Å². The lowest BCUT2D eigenvalue weighted by Gasteiger charge is -2.06. The van der Waals surface area contributed by atoms with Crippen molar-refractivity contribution in [2.45, 2.75) is 38.9 Å². The number of hydrogen-bond donors (Lipinski definition) is 1. The molecule has 3 nitrogen and oxygen atoms in total. The van der Waals surface area contributed by atoms with E-state index in [4.69, 9.17) is 0 Å². The van der Waals surface area contributed by atoms with Gasteiger partial charge < -0.3 is 5.32 Å². The van der Waals surface area contributed by atoms with Gasteiger partial charge in [-0.2, -0.15) is 5.10 Å². The Kier molecular flexibility index (Phi) is 3.34. The summed E-state index contributed by atoms with van der Waals surface area (Å²) < 4.78 is 14.9. The summed E-state index contributed by atoms with van der Waals surface area (Å²) in [5, 5.41) is 7.82. The van der Waals surface area contributed by atoms with Crippen LogP contribution in [0.1, 0.15) is 29.5 Å². The Morgan fingerprint density at radius 1 is 1.42 bits per heavy atom. The zero-order valence-corrected chi connectivity index (χ0v) is 11.1. The normalized spacial score (nSPS) is 14.8. The van der Waals surface area contributed by atoms with Gasteiger partial charge in [0.15, 0.2) is 0 Å². The average molecular weight is 259 g/mol. The number of halogens is 1. The van der Waals surface area contributed by atoms with E-state index >= 15 is 0 Å². The summed E-state index contributed by atoms with van der Waals surface area (Å²) in [4.78, 5) is 0. The number of rotatable bonds is 5. The van der Waals surface area contributed by atoms with E-state index in [1.807, 2.05) is 23.9 Å². The van der Waals surface area contributed by atoms with E-state index in [-0.39, 0.29) is 5.82 Å². The number of aromatic nitrogens is 2. The Morgan fingerprint density at radius 2 is 2.26 bits per heavy atom. The molecule has 100 valence electrons. The van der Waals surface area contributed by atoms with Crippen LogP contribution < -0.4 is 5.32 Å². The van der Waals surface area contributed by atoms with Crippen LogP contribution in [0.15, 0.2) is 30.6 Å². The van der Waals surface area contributed by atoms with E-state index < -0.39 is 0 Å². The van der Waals surface area contributed by atoms with Gasteiger partial charge in [0.1, 0.15) is 5.82 Å². The van der Waals surface area contributed by atoms with E-state index in [9.17, 15) is 4.39 Å². The van der Waals surface area contributed by atoms with Gasteiger partial charge in [0.05, 0.1) is 12.7 Å². The van der Waals surface area contributed by atoms with Gasteiger partial charge in [0.2, 0.25) is 0 Å². The number of hydrogen-bond acceptors (Lipinski definition) is 2. The van der Waals surface area contributed by atoms with Crippen LogP contribution in [-0.4, -0.2) is 15.8 Å². The molecule has 19 heavy (non-hydrogen) atoms. The summed E-state index contributed by atoms with van der Waals surface area (Å²) in [5.41, 5.74) is 3.27. The first-order chi connectivity index (χ1) is 9.20. The molecule has 0 saturated heterocycles. The maximum Gasteiger partial charge on any atom is 0.123 e. The second-order valence-electron chi connectivity index (χ2n) is 5.27. The van der Waals surface area contributed by atoms with Crippen molar-refractivity contribution in [3.8, 4) is 0 Å². The summed E-state index contributed by atoms with van der Waals surface area (Å²) in [6.45, 7) is 3.50. The molecular weight excluding hydrogens is 241 g/mol. The Bertz CT molecular complexity index is 573. The molecule has 2 aromatic rings. The molecule has 1 saturated carbocycles. The minimum atomic E-state index is -0.184. The van der Waals surface area contributed by atoms with Crippen molar-refractivity contribution in [3.05, 3.63) is 53.1 Å². The topological polar surface area (TPSA) is 29.9 Å². The number of nitrogens with zero attached hydrogens (tertiary/aromatic N) is 2. The quantitative estimate of drug-likeness (QED) is 0.894. The molecule has 1 aromatic heterocycles. The third kappa shape index (κ3) is 3.20. The monoisotopic (exact) mass is 259 g/mol. The van der Waals surface area contributed by atoms with E-state index in [0.717, 1.165) is 17.7 Å². The van der Waals surface area contributed by atoms with Crippen molar-refractivity contribution in [3.63, 3.8) is 0 Å². The lowest BCUT2D eigenvalue weighted by Crippen LogP contribution is -2.14. The number of benzene rings is 1. The van der Waals surface area contributed by atoms with Crippen molar-refractivity contribution < 1.29 is 4.39 Å². The van der Waals surface area contributed by atoms with Crippen molar-refractivity contribution in [1.29, 1.82) is 0 Å². The first kappa shape index (κ1) is 12.4. The van der Waals surface area contributed by atoms with E-state index in [1.54, 1.807) is 6.07 Å². The van der Waals surface area contributed by atoms with Gasteiger partial charge >= 0.3 is 0 Å². The van der Waals surface area contributed by atoms with Gasteiger partial charge in [-0.05, 0) is 43.0 Å². The molecule has 0 aliphatic heterocycles. The molecule has 0 atom stereocenters. The SMILES string of the molecule is Cc1cc(F)ccc1Cn1cc(CNC2CC2)cn1. The molecule has 1 aromatic carbocycles. The molecule has 1 N–H and O–H groups in total. The molecule has 1 aliphatic rings. The summed E-state index contributed by atoms with van der Waals surface area (Å²) in [5.74, 6) is -0.184. The van der Waals surface area contributed by atoms with Crippen LogP contribution in [-0.2, 0) is 13.1 Å². The van der Waals surface area contributed by atoms with Gasteiger partial charge in [-0.25, -0.2) is 4.39 Å². The fourth-order valence-corrected chi connectivity index (χ4v) is 2.15. The molecule has 0 amide bonds. The molecule has 3 rings (SSSR count). The highest BCUT2D eigenvalue weighted by atomic mass is 19.1. The summed E-state index contributed by atoms with van der Waals surface area (Å²) in [6, 6.07) is 5.60. The van der Waals surface area contributed by atoms with Crippen molar-refractivity contribution in [1.82, 2.24) is 15.1 Å². The Balaban J connectivity index is 1.65. The molecular formula is C15H18FN3. The van der Waals surface area contributed by atoms with E-state index in [0.29, 0.717) is 12.6 Å².